The number of aromatic nitrogens is 5. The summed E-state index contributed by atoms with van der Waals surface area (Å²) < 4.78 is 8.06. The average molecular weight is 497 g/mol. The van der Waals surface area contributed by atoms with Crippen molar-refractivity contribution in [2.24, 2.45) is 0 Å². The third kappa shape index (κ3) is 4.51. The molecule has 0 aliphatic carbocycles. The zero-order valence-electron chi connectivity index (χ0n) is 20.4. The Labute approximate surface area is 206 Å². The maximum Gasteiger partial charge on any atom is 0.332 e. The zero-order chi connectivity index (χ0) is 25.3. The van der Waals surface area contributed by atoms with Gasteiger partial charge in [-0.15, -0.1) is 4.80 Å². The van der Waals surface area contributed by atoms with Crippen LogP contribution in [0.2, 0.25) is 0 Å². The van der Waals surface area contributed by atoms with Crippen LogP contribution in [-0.2, 0) is 24.3 Å². The Hall–Kier alpha value is -3.73. The SMILES string of the molecule is COc1ccccc1CCn1c(=O)n(CC(=O)N(C)C(C)C)c(=O)c2c(C)c(-n3nccn3)sc21. The van der Waals surface area contributed by atoms with Crippen LogP contribution in [0.5, 0.6) is 5.75 Å². The van der Waals surface area contributed by atoms with E-state index in [1.807, 2.05) is 38.1 Å². The van der Waals surface area contributed by atoms with Gasteiger partial charge in [-0.25, -0.2) is 4.79 Å². The van der Waals surface area contributed by atoms with Gasteiger partial charge in [0.05, 0.1) is 24.9 Å². The van der Waals surface area contributed by atoms with Crippen LogP contribution in [-0.4, -0.2) is 55.1 Å². The first-order valence-electron chi connectivity index (χ1n) is 11.3. The molecule has 0 aliphatic heterocycles. The van der Waals surface area contributed by atoms with Gasteiger partial charge in [-0.1, -0.05) is 29.5 Å². The molecule has 0 saturated carbocycles. The number of rotatable bonds is 8. The van der Waals surface area contributed by atoms with E-state index < -0.39 is 11.2 Å². The number of thiophene rings is 1. The van der Waals surface area contributed by atoms with Gasteiger partial charge in [-0.05, 0) is 38.8 Å². The molecule has 10 nitrogen and oxygen atoms in total. The molecule has 0 bridgehead atoms. The fraction of sp³-hybridized carbons (Fsp3) is 0.375. The molecule has 0 N–H and O–H groups in total. The third-order valence-corrected chi connectivity index (χ3v) is 7.41. The van der Waals surface area contributed by atoms with Gasteiger partial charge in [0, 0.05) is 25.2 Å². The molecule has 4 rings (SSSR count). The third-order valence-electron chi connectivity index (χ3n) is 6.13. The van der Waals surface area contributed by atoms with Gasteiger partial charge >= 0.3 is 5.69 Å². The molecule has 0 atom stereocenters. The fourth-order valence-corrected chi connectivity index (χ4v) is 5.14. The molecule has 35 heavy (non-hydrogen) atoms. The van der Waals surface area contributed by atoms with Gasteiger partial charge in [0.15, 0.2) is 0 Å². The largest absolute Gasteiger partial charge is 0.496 e. The molecule has 0 aliphatic rings. The van der Waals surface area contributed by atoms with Gasteiger partial charge in [-0.2, -0.15) is 10.2 Å². The van der Waals surface area contributed by atoms with Gasteiger partial charge in [0.1, 0.15) is 22.1 Å². The summed E-state index contributed by atoms with van der Waals surface area (Å²) in [4.78, 5) is 43.4. The Morgan fingerprint density at radius 3 is 2.49 bits per heavy atom. The maximum absolute atomic E-state index is 13.6. The summed E-state index contributed by atoms with van der Waals surface area (Å²) in [6.07, 6.45) is 3.61. The highest BCUT2D eigenvalue weighted by atomic mass is 32.1. The molecule has 3 heterocycles. The molecule has 0 unspecified atom stereocenters. The molecule has 11 heteroatoms. The Kier molecular flexibility index (Phi) is 6.88. The fourth-order valence-electron chi connectivity index (χ4n) is 3.91. The van der Waals surface area contributed by atoms with E-state index in [9.17, 15) is 14.4 Å². The molecule has 0 fully saturated rings. The summed E-state index contributed by atoms with van der Waals surface area (Å²) in [7, 11) is 3.26. The van der Waals surface area contributed by atoms with E-state index in [0.29, 0.717) is 33.7 Å². The minimum absolute atomic E-state index is 0.0601. The predicted molar refractivity (Wildman–Crippen MR) is 135 cm³/mol. The number of carbonyl (C=O) groups is 1. The number of ether oxygens (including phenoxy) is 1. The van der Waals surface area contributed by atoms with Gasteiger partial charge < -0.3 is 9.64 Å². The van der Waals surface area contributed by atoms with E-state index in [1.165, 1.54) is 21.0 Å². The Balaban J connectivity index is 1.88. The van der Waals surface area contributed by atoms with Crippen LogP contribution in [0, 0.1) is 6.92 Å². The monoisotopic (exact) mass is 496 g/mol. The Morgan fingerprint density at radius 2 is 1.83 bits per heavy atom. The van der Waals surface area contributed by atoms with E-state index in [4.69, 9.17) is 4.74 Å². The molecule has 3 aromatic heterocycles. The van der Waals surface area contributed by atoms with Crippen LogP contribution in [0.3, 0.4) is 0 Å². The lowest BCUT2D eigenvalue weighted by Gasteiger charge is -2.22. The van der Waals surface area contributed by atoms with E-state index in [1.54, 1.807) is 38.0 Å². The maximum atomic E-state index is 13.6. The molecule has 1 aromatic carbocycles. The number of para-hydroxylation sites is 1. The summed E-state index contributed by atoms with van der Waals surface area (Å²) in [5.74, 6) is 0.416. The molecule has 184 valence electrons. The number of benzene rings is 1. The number of amides is 1. The number of aryl methyl sites for hydroxylation is 3. The van der Waals surface area contributed by atoms with Crippen LogP contribution in [0.15, 0.2) is 46.2 Å². The van der Waals surface area contributed by atoms with E-state index in [0.717, 1.165) is 15.9 Å². The summed E-state index contributed by atoms with van der Waals surface area (Å²) >= 11 is 1.28. The first-order chi connectivity index (χ1) is 16.7. The molecule has 0 spiro atoms. The minimum atomic E-state index is -0.524. The van der Waals surface area contributed by atoms with E-state index in [-0.39, 0.29) is 18.5 Å². The van der Waals surface area contributed by atoms with Crippen LogP contribution in [0.25, 0.3) is 15.2 Å². The normalized spacial score (nSPS) is 11.4. The van der Waals surface area contributed by atoms with E-state index >= 15 is 0 Å². The van der Waals surface area contributed by atoms with E-state index in [2.05, 4.69) is 10.2 Å². The van der Waals surface area contributed by atoms with Gasteiger partial charge in [0.25, 0.3) is 5.56 Å². The van der Waals surface area contributed by atoms with Crippen molar-refractivity contribution in [2.75, 3.05) is 14.2 Å². The Morgan fingerprint density at radius 1 is 1.14 bits per heavy atom. The first kappa shape index (κ1) is 24.4. The predicted octanol–water partition coefficient (Wildman–Crippen LogP) is 2.23. The number of nitrogens with zero attached hydrogens (tertiary/aromatic N) is 6. The van der Waals surface area contributed by atoms with Crippen molar-refractivity contribution in [2.45, 2.75) is 46.3 Å². The number of methoxy groups -OCH3 is 1. The van der Waals surface area contributed by atoms with Crippen molar-refractivity contribution in [3.05, 3.63) is 68.6 Å². The van der Waals surface area contributed by atoms with Crippen molar-refractivity contribution in [3.63, 3.8) is 0 Å². The van der Waals surface area contributed by atoms with Crippen molar-refractivity contribution in [1.29, 1.82) is 0 Å². The second-order valence-corrected chi connectivity index (χ2v) is 9.49. The number of carbonyl (C=O) groups excluding carboxylic acids is 1. The van der Waals surface area contributed by atoms with Gasteiger partial charge in [-0.3, -0.25) is 18.7 Å². The highest BCUT2D eigenvalue weighted by Crippen LogP contribution is 2.30. The highest BCUT2D eigenvalue weighted by molar-refractivity contribution is 7.21. The number of hydrogen-bond donors (Lipinski definition) is 0. The standard InChI is InChI=1S/C24H28N6O4S/c1-15(2)27(4)19(31)14-29-21(32)20-16(3)22(30-25-11-12-26-30)35-23(20)28(24(29)33)13-10-17-8-6-7-9-18(17)34-5/h6-9,11-12,15H,10,13-14H2,1-5H3. The lowest BCUT2D eigenvalue weighted by molar-refractivity contribution is -0.132. The number of fused-ring (bicyclic) bond motifs is 1. The number of likely N-dealkylation sites (N-methyl/N-ethyl adjacent to an activating group) is 1. The van der Waals surface area contributed by atoms with Crippen LogP contribution in [0.1, 0.15) is 25.0 Å². The Bertz CT molecular complexity index is 1480. The summed E-state index contributed by atoms with van der Waals surface area (Å²) in [5, 5.41) is 9.43. The molecule has 4 aromatic rings. The second-order valence-electron chi connectivity index (χ2n) is 8.52. The molecule has 0 radical (unpaired) electrons. The van der Waals surface area contributed by atoms with Gasteiger partial charge in [0.2, 0.25) is 5.91 Å². The number of hydrogen-bond acceptors (Lipinski definition) is 7. The highest BCUT2D eigenvalue weighted by Gasteiger charge is 2.24. The zero-order valence-corrected chi connectivity index (χ0v) is 21.2. The van der Waals surface area contributed by atoms with Crippen molar-refractivity contribution >= 4 is 27.5 Å². The molecule has 1 amide bonds. The lowest BCUT2D eigenvalue weighted by Crippen LogP contribution is -2.45. The average Bonchev–Trinajstić information content (AvgIpc) is 3.49. The summed E-state index contributed by atoms with van der Waals surface area (Å²) in [6, 6.07) is 7.54. The van der Waals surface area contributed by atoms with Crippen LogP contribution >= 0.6 is 11.3 Å². The quantitative estimate of drug-likeness (QED) is 0.371. The first-order valence-corrected chi connectivity index (χ1v) is 12.1. The molecular formula is C24H28N6O4S. The summed E-state index contributed by atoms with van der Waals surface area (Å²) in [5.41, 5.74) is 0.585. The van der Waals surface area contributed by atoms with Crippen molar-refractivity contribution in [3.8, 4) is 10.8 Å². The van der Waals surface area contributed by atoms with Crippen molar-refractivity contribution < 1.29 is 9.53 Å². The lowest BCUT2D eigenvalue weighted by atomic mass is 10.1. The molecular weight excluding hydrogens is 468 g/mol. The van der Waals surface area contributed by atoms with Crippen molar-refractivity contribution in [1.82, 2.24) is 29.0 Å². The molecule has 0 saturated heterocycles. The van der Waals surface area contributed by atoms with Crippen LogP contribution in [0.4, 0.5) is 0 Å². The second kappa shape index (κ2) is 9.87. The topological polar surface area (TPSA) is 104 Å². The minimum Gasteiger partial charge on any atom is -0.496 e. The van der Waals surface area contributed by atoms with Crippen LogP contribution < -0.4 is 16.0 Å². The smallest absolute Gasteiger partial charge is 0.332 e. The summed E-state index contributed by atoms with van der Waals surface area (Å²) in [6.45, 7) is 5.53.